The van der Waals surface area contributed by atoms with Crippen molar-refractivity contribution in [3.05, 3.63) is 88.8 Å². The van der Waals surface area contributed by atoms with Crippen LogP contribution in [-0.4, -0.2) is 40.8 Å². The molecule has 0 aliphatic heterocycles. The summed E-state index contributed by atoms with van der Waals surface area (Å²) in [5.41, 5.74) is 3.61. The zero-order valence-corrected chi connectivity index (χ0v) is 20.1. The summed E-state index contributed by atoms with van der Waals surface area (Å²) in [5.74, 6) is -0.126. The molecule has 0 saturated carbocycles. The SMILES string of the molecule is COCCNC(=O)c1cccc(-c2cccc3cc(Cc4cccc(S(C)(=O)=O)c4)sc23)c1. The van der Waals surface area contributed by atoms with E-state index in [1.54, 1.807) is 42.7 Å². The average molecular weight is 480 g/mol. The predicted octanol–water partition coefficient (Wildman–Crippen LogP) is 4.94. The van der Waals surface area contributed by atoms with Crippen LogP contribution in [0.25, 0.3) is 21.2 Å². The second-order valence-corrected chi connectivity index (χ2v) is 11.0. The molecule has 1 aromatic heterocycles. The summed E-state index contributed by atoms with van der Waals surface area (Å²) < 4.78 is 29.9. The van der Waals surface area contributed by atoms with Gasteiger partial charge in [0.1, 0.15) is 0 Å². The van der Waals surface area contributed by atoms with E-state index in [1.165, 1.54) is 6.26 Å². The van der Waals surface area contributed by atoms with Gasteiger partial charge in [0.25, 0.3) is 5.91 Å². The predicted molar refractivity (Wildman–Crippen MR) is 134 cm³/mol. The summed E-state index contributed by atoms with van der Waals surface area (Å²) >= 11 is 1.69. The van der Waals surface area contributed by atoms with Crippen LogP contribution in [0.1, 0.15) is 20.8 Å². The van der Waals surface area contributed by atoms with Crippen molar-refractivity contribution >= 4 is 37.2 Å². The van der Waals surface area contributed by atoms with E-state index in [-0.39, 0.29) is 5.91 Å². The molecule has 170 valence electrons. The number of amides is 1. The van der Waals surface area contributed by atoms with Crippen LogP contribution in [0.15, 0.2) is 77.7 Å². The molecule has 1 amide bonds. The van der Waals surface area contributed by atoms with Gasteiger partial charge in [-0.25, -0.2) is 8.42 Å². The van der Waals surface area contributed by atoms with E-state index in [9.17, 15) is 13.2 Å². The number of thiophene rings is 1. The van der Waals surface area contributed by atoms with Gasteiger partial charge in [-0.15, -0.1) is 11.3 Å². The molecule has 0 aliphatic carbocycles. The van der Waals surface area contributed by atoms with Crippen LogP contribution in [-0.2, 0) is 21.0 Å². The Hall–Kier alpha value is -3.00. The molecule has 4 aromatic rings. The van der Waals surface area contributed by atoms with Crippen molar-refractivity contribution in [3.8, 4) is 11.1 Å². The summed E-state index contributed by atoms with van der Waals surface area (Å²) in [6.07, 6.45) is 1.88. The number of carbonyl (C=O) groups excluding carboxylic acids is 1. The topological polar surface area (TPSA) is 72.5 Å². The molecule has 0 bridgehead atoms. The number of hydrogen-bond donors (Lipinski definition) is 1. The summed E-state index contributed by atoms with van der Waals surface area (Å²) in [6, 6.07) is 23.0. The first-order valence-corrected chi connectivity index (χ1v) is 13.2. The molecule has 1 N–H and O–H groups in total. The molecule has 1 heterocycles. The monoisotopic (exact) mass is 479 g/mol. The van der Waals surface area contributed by atoms with Crippen LogP contribution in [0.3, 0.4) is 0 Å². The van der Waals surface area contributed by atoms with Gasteiger partial charge in [-0.3, -0.25) is 4.79 Å². The maximum absolute atomic E-state index is 12.5. The van der Waals surface area contributed by atoms with Gasteiger partial charge >= 0.3 is 0 Å². The Morgan fingerprint density at radius 2 is 1.79 bits per heavy atom. The molecule has 0 unspecified atom stereocenters. The second-order valence-electron chi connectivity index (χ2n) is 7.86. The van der Waals surface area contributed by atoms with Crippen LogP contribution in [0, 0.1) is 0 Å². The lowest BCUT2D eigenvalue weighted by Crippen LogP contribution is -2.26. The first kappa shape index (κ1) is 23.2. The van der Waals surface area contributed by atoms with E-state index in [2.05, 4.69) is 23.5 Å². The summed E-state index contributed by atoms with van der Waals surface area (Å²) in [5, 5.41) is 3.98. The molecule has 3 aromatic carbocycles. The minimum atomic E-state index is -3.24. The number of nitrogens with one attached hydrogen (secondary N) is 1. The Bertz CT molecular complexity index is 1410. The van der Waals surface area contributed by atoms with Gasteiger partial charge < -0.3 is 10.1 Å². The highest BCUT2D eigenvalue weighted by atomic mass is 32.2. The molecule has 7 heteroatoms. The molecule has 0 spiro atoms. The number of rotatable bonds is 8. The lowest BCUT2D eigenvalue weighted by Gasteiger charge is -2.08. The number of benzene rings is 3. The van der Waals surface area contributed by atoms with Crippen molar-refractivity contribution in [3.63, 3.8) is 0 Å². The molecule has 4 rings (SSSR count). The molecule has 0 fully saturated rings. The van der Waals surface area contributed by atoms with Gasteiger partial charge in [0.2, 0.25) is 0 Å². The zero-order chi connectivity index (χ0) is 23.4. The number of fused-ring (bicyclic) bond motifs is 1. The third kappa shape index (κ3) is 5.50. The number of methoxy groups -OCH3 is 1. The summed E-state index contributed by atoms with van der Waals surface area (Å²) in [6.45, 7) is 0.930. The Kier molecular flexibility index (Phi) is 6.93. The van der Waals surface area contributed by atoms with Crippen molar-refractivity contribution in [2.75, 3.05) is 26.5 Å². The minimum absolute atomic E-state index is 0.126. The van der Waals surface area contributed by atoms with E-state index < -0.39 is 9.84 Å². The second kappa shape index (κ2) is 9.87. The molecule has 0 aliphatic rings. The standard InChI is InChI=1S/C26H25NO4S2/c1-31-13-12-27-26(28)21-9-4-7-19(16-21)24-11-5-8-20-17-22(32-25(20)24)14-18-6-3-10-23(15-18)33(2,29)30/h3-11,15-17H,12-14H2,1-2H3,(H,27,28). The van der Waals surface area contributed by atoms with E-state index in [4.69, 9.17) is 4.74 Å². The Labute approximate surface area is 198 Å². The lowest BCUT2D eigenvalue weighted by atomic mass is 10.0. The van der Waals surface area contributed by atoms with Gasteiger partial charge in [0, 0.05) is 41.5 Å². The first-order valence-electron chi connectivity index (χ1n) is 10.5. The normalized spacial score (nSPS) is 11.6. The van der Waals surface area contributed by atoms with E-state index in [1.807, 2.05) is 30.3 Å². The maximum Gasteiger partial charge on any atom is 0.251 e. The van der Waals surface area contributed by atoms with Crippen molar-refractivity contribution in [1.29, 1.82) is 0 Å². The zero-order valence-electron chi connectivity index (χ0n) is 18.5. The molecular formula is C26H25NO4S2. The fraction of sp³-hybridized carbons (Fsp3) is 0.192. The highest BCUT2D eigenvalue weighted by molar-refractivity contribution is 7.90. The third-order valence-corrected chi connectivity index (χ3v) is 7.62. The van der Waals surface area contributed by atoms with Crippen LogP contribution in [0.2, 0.25) is 0 Å². The fourth-order valence-electron chi connectivity index (χ4n) is 3.71. The van der Waals surface area contributed by atoms with E-state index in [0.717, 1.165) is 31.7 Å². The van der Waals surface area contributed by atoms with Crippen molar-refractivity contribution < 1.29 is 17.9 Å². The largest absolute Gasteiger partial charge is 0.383 e. The highest BCUT2D eigenvalue weighted by Gasteiger charge is 2.13. The average Bonchev–Trinajstić information content (AvgIpc) is 3.21. The van der Waals surface area contributed by atoms with Crippen molar-refractivity contribution in [1.82, 2.24) is 5.32 Å². The van der Waals surface area contributed by atoms with Gasteiger partial charge in [-0.05, 0) is 52.4 Å². The Balaban J connectivity index is 1.64. The van der Waals surface area contributed by atoms with Crippen LogP contribution in [0.4, 0.5) is 0 Å². The van der Waals surface area contributed by atoms with Crippen molar-refractivity contribution in [2.45, 2.75) is 11.3 Å². The molecular weight excluding hydrogens is 454 g/mol. The molecule has 5 nitrogen and oxygen atoms in total. The molecule has 0 atom stereocenters. The number of hydrogen-bond acceptors (Lipinski definition) is 5. The summed E-state index contributed by atoms with van der Waals surface area (Å²) in [7, 11) is -1.64. The van der Waals surface area contributed by atoms with E-state index in [0.29, 0.717) is 30.0 Å². The van der Waals surface area contributed by atoms with Crippen LogP contribution in [0.5, 0.6) is 0 Å². The van der Waals surface area contributed by atoms with Gasteiger partial charge in [-0.1, -0.05) is 42.5 Å². The Morgan fingerprint density at radius 3 is 2.58 bits per heavy atom. The third-order valence-electron chi connectivity index (χ3n) is 5.33. The number of sulfone groups is 1. The van der Waals surface area contributed by atoms with Gasteiger partial charge in [0.15, 0.2) is 9.84 Å². The minimum Gasteiger partial charge on any atom is -0.383 e. The quantitative estimate of drug-likeness (QED) is 0.364. The van der Waals surface area contributed by atoms with E-state index >= 15 is 0 Å². The molecule has 0 saturated heterocycles. The van der Waals surface area contributed by atoms with Crippen LogP contribution < -0.4 is 5.32 Å². The van der Waals surface area contributed by atoms with Crippen LogP contribution >= 0.6 is 11.3 Å². The van der Waals surface area contributed by atoms with Gasteiger partial charge in [-0.2, -0.15) is 0 Å². The number of ether oxygens (including phenoxy) is 1. The summed E-state index contributed by atoms with van der Waals surface area (Å²) in [4.78, 5) is 14.0. The molecule has 0 radical (unpaired) electrons. The first-order chi connectivity index (χ1) is 15.8. The smallest absolute Gasteiger partial charge is 0.251 e. The fourth-order valence-corrected chi connectivity index (χ4v) is 5.63. The van der Waals surface area contributed by atoms with Gasteiger partial charge in [0.05, 0.1) is 11.5 Å². The maximum atomic E-state index is 12.5. The van der Waals surface area contributed by atoms with Crippen molar-refractivity contribution in [2.24, 2.45) is 0 Å². The highest BCUT2D eigenvalue weighted by Crippen LogP contribution is 2.36. The number of carbonyl (C=O) groups is 1. The lowest BCUT2D eigenvalue weighted by molar-refractivity contribution is 0.0937. The molecule has 33 heavy (non-hydrogen) atoms. The Morgan fingerprint density at radius 1 is 1.00 bits per heavy atom.